The van der Waals surface area contributed by atoms with Gasteiger partial charge in [-0.25, -0.2) is 0 Å². The summed E-state index contributed by atoms with van der Waals surface area (Å²) in [5.41, 5.74) is 0. The number of fused-ring (bicyclic) bond motifs is 1. The number of ether oxygens (including phenoxy) is 1. The predicted molar refractivity (Wildman–Crippen MR) is 49.7 cm³/mol. The second-order valence-corrected chi connectivity index (χ2v) is 5.53. The Bertz CT molecular complexity index is 281. The van der Waals surface area contributed by atoms with Crippen LogP contribution >= 0.6 is 27.5 Å². The van der Waals surface area contributed by atoms with Crippen LogP contribution in [-0.4, -0.2) is 21.6 Å². The molecule has 1 saturated carbocycles. The van der Waals surface area contributed by atoms with Gasteiger partial charge in [-0.05, 0) is 19.3 Å². The summed E-state index contributed by atoms with van der Waals surface area (Å²) < 4.78 is 3.79. The summed E-state index contributed by atoms with van der Waals surface area (Å²) in [7, 11) is 0. The second kappa shape index (κ2) is 2.95. The van der Waals surface area contributed by atoms with Crippen LogP contribution in [-0.2, 0) is 14.3 Å². The molecule has 3 unspecified atom stereocenters. The summed E-state index contributed by atoms with van der Waals surface area (Å²) in [6.07, 6.45) is 1.85. The van der Waals surface area contributed by atoms with Crippen LogP contribution in [0, 0.1) is 5.92 Å². The molecule has 0 aromatic heterocycles. The second-order valence-electron chi connectivity index (χ2n) is 3.50. The van der Waals surface area contributed by atoms with Crippen LogP contribution in [0.5, 0.6) is 0 Å². The molecule has 5 heteroatoms. The molecule has 0 radical (unpaired) electrons. The number of carbonyl (C=O) groups is 2. The fourth-order valence-corrected chi connectivity index (χ4v) is 2.85. The van der Waals surface area contributed by atoms with Gasteiger partial charge in [-0.15, -0.1) is 11.6 Å². The van der Waals surface area contributed by atoms with Gasteiger partial charge < -0.3 is 4.74 Å². The highest BCUT2D eigenvalue weighted by molar-refractivity contribution is 9.10. The van der Waals surface area contributed by atoms with Crippen molar-refractivity contribution < 1.29 is 14.3 Å². The highest BCUT2D eigenvalue weighted by atomic mass is 79.9. The van der Waals surface area contributed by atoms with Gasteiger partial charge in [0.1, 0.15) is 4.32 Å². The van der Waals surface area contributed by atoms with Crippen molar-refractivity contribution >= 4 is 39.5 Å². The van der Waals surface area contributed by atoms with Crippen molar-refractivity contribution in [1.29, 1.82) is 0 Å². The zero-order valence-electron chi connectivity index (χ0n) is 6.76. The number of rotatable bonds is 0. The van der Waals surface area contributed by atoms with E-state index in [9.17, 15) is 9.59 Å². The Labute approximate surface area is 88.9 Å². The highest BCUT2D eigenvalue weighted by Gasteiger charge is 2.58. The molecule has 2 aliphatic rings. The Morgan fingerprint density at radius 1 is 1.54 bits per heavy atom. The van der Waals surface area contributed by atoms with Crippen LogP contribution in [0.25, 0.3) is 0 Å². The van der Waals surface area contributed by atoms with E-state index >= 15 is 0 Å². The van der Waals surface area contributed by atoms with Gasteiger partial charge in [0, 0.05) is 5.38 Å². The number of hydrogen-bond acceptors (Lipinski definition) is 3. The van der Waals surface area contributed by atoms with Gasteiger partial charge >= 0.3 is 11.9 Å². The lowest BCUT2D eigenvalue weighted by molar-refractivity contribution is -0.153. The van der Waals surface area contributed by atoms with E-state index in [0.717, 1.165) is 6.42 Å². The molecule has 72 valence electrons. The number of alkyl halides is 2. The smallest absolute Gasteiger partial charge is 0.331 e. The lowest BCUT2D eigenvalue weighted by Crippen LogP contribution is -2.40. The van der Waals surface area contributed by atoms with Gasteiger partial charge in [0.15, 0.2) is 0 Å². The number of cyclic esters (lactones) is 2. The third kappa shape index (κ3) is 1.31. The van der Waals surface area contributed by atoms with E-state index in [2.05, 4.69) is 20.7 Å². The summed E-state index contributed by atoms with van der Waals surface area (Å²) in [4.78, 5) is 22.6. The first-order chi connectivity index (χ1) is 6.04. The maximum Gasteiger partial charge on any atom is 0.331 e. The quantitative estimate of drug-likeness (QED) is 0.380. The molecule has 1 heterocycles. The van der Waals surface area contributed by atoms with Crippen LogP contribution in [0.4, 0.5) is 0 Å². The molecule has 0 bridgehead atoms. The fraction of sp³-hybridized carbons (Fsp3) is 0.750. The molecule has 2 fully saturated rings. The van der Waals surface area contributed by atoms with Crippen LogP contribution in [0.3, 0.4) is 0 Å². The first-order valence-corrected chi connectivity index (χ1v) is 5.36. The predicted octanol–water partition coefficient (Wildman–Crippen LogP) is 1.61. The summed E-state index contributed by atoms with van der Waals surface area (Å²) in [5.74, 6) is -1.28. The minimum atomic E-state index is -0.782. The Balaban J connectivity index is 2.30. The minimum Gasteiger partial charge on any atom is -0.392 e. The van der Waals surface area contributed by atoms with E-state index in [4.69, 9.17) is 11.6 Å². The van der Waals surface area contributed by atoms with E-state index in [1.807, 2.05) is 0 Å². The molecule has 0 spiro atoms. The number of hydrogen-bond donors (Lipinski definition) is 0. The van der Waals surface area contributed by atoms with Gasteiger partial charge in [0.2, 0.25) is 0 Å². The third-order valence-corrected chi connectivity index (χ3v) is 4.35. The molecular weight excluding hydrogens is 259 g/mol. The molecule has 3 atom stereocenters. The molecule has 1 aliphatic carbocycles. The summed E-state index contributed by atoms with van der Waals surface area (Å²) in [5, 5.41) is -0.0193. The molecular formula is C8H8BrClO3. The standard InChI is InChI=1S/C8H8BrClO3/c9-8-2-1-4(10)3-5(8)6(11)13-7(8)12/h4-5H,1-3H2. The number of carbonyl (C=O) groups excluding carboxylic acids is 2. The largest absolute Gasteiger partial charge is 0.392 e. The molecule has 0 N–H and O–H groups in total. The third-order valence-electron chi connectivity index (χ3n) is 2.68. The molecule has 0 aromatic rings. The SMILES string of the molecule is O=C1OC(=O)C2(Br)CCC(Cl)CC12. The van der Waals surface area contributed by atoms with Crippen molar-refractivity contribution in [3.8, 4) is 0 Å². The van der Waals surface area contributed by atoms with Gasteiger partial charge in [-0.1, -0.05) is 15.9 Å². The number of esters is 2. The van der Waals surface area contributed by atoms with Gasteiger partial charge in [-0.2, -0.15) is 0 Å². The topological polar surface area (TPSA) is 43.4 Å². The average molecular weight is 268 g/mol. The van der Waals surface area contributed by atoms with Gasteiger partial charge in [0.25, 0.3) is 0 Å². The average Bonchev–Trinajstić information content (AvgIpc) is 2.28. The molecule has 1 aliphatic heterocycles. The Morgan fingerprint density at radius 2 is 2.23 bits per heavy atom. The monoisotopic (exact) mass is 266 g/mol. The maximum atomic E-state index is 11.3. The Kier molecular flexibility index (Phi) is 2.15. The number of halogens is 2. The Morgan fingerprint density at radius 3 is 2.92 bits per heavy atom. The van der Waals surface area contributed by atoms with Crippen molar-refractivity contribution in [2.75, 3.05) is 0 Å². The molecule has 1 saturated heterocycles. The van der Waals surface area contributed by atoms with Crippen molar-refractivity contribution in [1.82, 2.24) is 0 Å². The summed E-state index contributed by atoms with van der Waals surface area (Å²) >= 11 is 9.22. The molecule has 13 heavy (non-hydrogen) atoms. The molecule has 2 rings (SSSR count). The van der Waals surface area contributed by atoms with Crippen molar-refractivity contribution in [3.63, 3.8) is 0 Å². The Hall–Kier alpha value is -0.0900. The van der Waals surface area contributed by atoms with Gasteiger partial charge in [0.05, 0.1) is 5.92 Å². The lowest BCUT2D eigenvalue weighted by atomic mass is 9.80. The van der Waals surface area contributed by atoms with E-state index in [0.29, 0.717) is 12.8 Å². The van der Waals surface area contributed by atoms with Crippen LogP contribution < -0.4 is 0 Å². The molecule has 0 aromatic carbocycles. The van der Waals surface area contributed by atoms with E-state index < -0.39 is 22.2 Å². The van der Waals surface area contributed by atoms with Crippen LogP contribution in [0.15, 0.2) is 0 Å². The van der Waals surface area contributed by atoms with Crippen molar-refractivity contribution in [2.45, 2.75) is 29.0 Å². The minimum absolute atomic E-state index is 0.0193. The van der Waals surface area contributed by atoms with Crippen molar-refractivity contribution in [3.05, 3.63) is 0 Å². The van der Waals surface area contributed by atoms with Gasteiger partial charge in [-0.3, -0.25) is 9.59 Å². The van der Waals surface area contributed by atoms with Crippen molar-refractivity contribution in [2.24, 2.45) is 5.92 Å². The summed E-state index contributed by atoms with van der Waals surface area (Å²) in [6, 6.07) is 0. The normalized spacial score (nSPS) is 44.5. The molecule has 3 nitrogen and oxygen atoms in total. The van der Waals surface area contributed by atoms with E-state index in [-0.39, 0.29) is 5.38 Å². The van der Waals surface area contributed by atoms with Crippen LogP contribution in [0.2, 0.25) is 0 Å². The van der Waals surface area contributed by atoms with Crippen LogP contribution in [0.1, 0.15) is 19.3 Å². The fourth-order valence-electron chi connectivity index (χ4n) is 1.88. The van der Waals surface area contributed by atoms with E-state index in [1.54, 1.807) is 0 Å². The first-order valence-electron chi connectivity index (χ1n) is 4.13. The lowest BCUT2D eigenvalue weighted by Gasteiger charge is -2.30. The highest BCUT2D eigenvalue weighted by Crippen LogP contribution is 2.47. The maximum absolute atomic E-state index is 11.3. The van der Waals surface area contributed by atoms with E-state index in [1.165, 1.54) is 0 Å². The molecule has 0 amide bonds. The zero-order chi connectivity index (χ0) is 9.64. The zero-order valence-corrected chi connectivity index (χ0v) is 9.10. The first kappa shape index (κ1) is 9.46. The summed E-state index contributed by atoms with van der Waals surface area (Å²) in [6.45, 7) is 0.